The number of carbonyl (C=O) groups is 1. The van der Waals surface area contributed by atoms with E-state index in [1.807, 2.05) is 13.1 Å². The fraction of sp³-hybridized carbons (Fsp3) is 0.294. The highest BCUT2D eigenvalue weighted by Gasteiger charge is 2.30. The molecule has 0 radical (unpaired) electrons. The number of alkyl halides is 3. The van der Waals surface area contributed by atoms with Gasteiger partial charge in [-0.25, -0.2) is 4.98 Å². The van der Waals surface area contributed by atoms with Gasteiger partial charge < -0.3 is 14.3 Å². The fourth-order valence-corrected chi connectivity index (χ4v) is 2.84. The van der Waals surface area contributed by atoms with E-state index in [-0.39, 0.29) is 11.3 Å². The van der Waals surface area contributed by atoms with Crippen molar-refractivity contribution in [2.24, 2.45) is 0 Å². The predicted octanol–water partition coefficient (Wildman–Crippen LogP) is 3.88. The maximum absolute atomic E-state index is 12.7. The lowest BCUT2D eigenvalue weighted by Gasteiger charge is -2.12. The zero-order valence-electron chi connectivity index (χ0n) is 14.0. The van der Waals surface area contributed by atoms with Crippen molar-refractivity contribution in [3.05, 3.63) is 53.2 Å². The number of imidazole rings is 1. The van der Waals surface area contributed by atoms with Crippen LogP contribution in [0.5, 0.6) is 0 Å². The highest BCUT2D eigenvalue weighted by Crippen LogP contribution is 2.24. The van der Waals surface area contributed by atoms with Crippen LogP contribution in [-0.4, -0.2) is 26.0 Å². The lowest BCUT2D eigenvalue weighted by molar-refractivity contribution is -0.141. The molecule has 0 fully saturated rings. The first kappa shape index (κ1) is 17.1. The smallest absolute Gasteiger partial charge is 0.339 e. The van der Waals surface area contributed by atoms with Gasteiger partial charge >= 0.3 is 6.18 Å². The number of fused-ring (bicyclic) bond motifs is 1. The standard InChI is InChI=1S/C17H17F3N4O/c1-10-7-23-8-13(4-5-15(23)21-10)22-16(25)14-6-11(2)24(12(14)3)9-17(18,19)20/h4-8H,9H2,1-3H3,(H,22,25). The van der Waals surface area contributed by atoms with E-state index in [0.717, 1.165) is 15.9 Å². The van der Waals surface area contributed by atoms with Gasteiger partial charge in [-0.3, -0.25) is 4.79 Å². The van der Waals surface area contributed by atoms with E-state index < -0.39 is 18.6 Å². The highest BCUT2D eigenvalue weighted by molar-refractivity contribution is 6.05. The minimum atomic E-state index is -4.34. The van der Waals surface area contributed by atoms with Gasteiger partial charge in [-0.05, 0) is 39.0 Å². The Labute approximate surface area is 142 Å². The molecule has 0 unspecified atom stereocenters. The fourth-order valence-electron chi connectivity index (χ4n) is 2.84. The molecule has 0 aliphatic heterocycles. The van der Waals surface area contributed by atoms with Crippen LogP contribution in [-0.2, 0) is 6.54 Å². The highest BCUT2D eigenvalue weighted by atomic mass is 19.4. The molecular formula is C17H17F3N4O. The van der Waals surface area contributed by atoms with Crippen LogP contribution >= 0.6 is 0 Å². The van der Waals surface area contributed by atoms with Crippen molar-refractivity contribution in [3.8, 4) is 0 Å². The third-order valence-corrected chi connectivity index (χ3v) is 3.99. The van der Waals surface area contributed by atoms with E-state index >= 15 is 0 Å². The summed E-state index contributed by atoms with van der Waals surface area (Å²) in [4.78, 5) is 16.8. The van der Waals surface area contributed by atoms with E-state index in [1.165, 1.54) is 13.0 Å². The molecule has 0 aliphatic rings. The topological polar surface area (TPSA) is 51.3 Å². The molecule has 0 aromatic carbocycles. The van der Waals surface area contributed by atoms with E-state index in [2.05, 4.69) is 10.3 Å². The number of hydrogen-bond donors (Lipinski definition) is 1. The summed E-state index contributed by atoms with van der Waals surface area (Å²) in [5, 5.41) is 2.72. The zero-order chi connectivity index (χ0) is 18.4. The molecule has 132 valence electrons. The number of nitrogens with zero attached hydrogens (tertiary/aromatic N) is 3. The predicted molar refractivity (Wildman–Crippen MR) is 87.8 cm³/mol. The summed E-state index contributed by atoms with van der Waals surface area (Å²) in [6, 6.07) is 4.93. The summed E-state index contributed by atoms with van der Waals surface area (Å²) in [5.74, 6) is -0.447. The Morgan fingerprint density at radius 3 is 2.60 bits per heavy atom. The van der Waals surface area contributed by atoms with E-state index in [1.54, 1.807) is 29.7 Å². The Hall–Kier alpha value is -2.77. The second-order valence-corrected chi connectivity index (χ2v) is 6.01. The normalized spacial score (nSPS) is 11.9. The average Bonchev–Trinajstić information content (AvgIpc) is 2.99. The van der Waals surface area contributed by atoms with Crippen LogP contribution in [0.4, 0.5) is 18.9 Å². The lowest BCUT2D eigenvalue weighted by atomic mass is 10.2. The van der Waals surface area contributed by atoms with Gasteiger partial charge in [0.2, 0.25) is 0 Å². The number of rotatable bonds is 3. The summed E-state index contributed by atoms with van der Waals surface area (Å²) >= 11 is 0. The van der Waals surface area contributed by atoms with Gasteiger partial charge in [-0.2, -0.15) is 13.2 Å². The van der Waals surface area contributed by atoms with Crippen LogP contribution < -0.4 is 5.32 Å². The van der Waals surface area contributed by atoms with Gasteiger partial charge in [0.25, 0.3) is 5.91 Å². The Morgan fingerprint density at radius 1 is 1.20 bits per heavy atom. The molecule has 25 heavy (non-hydrogen) atoms. The van der Waals surface area contributed by atoms with Gasteiger partial charge in [0.15, 0.2) is 0 Å². The minimum Gasteiger partial charge on any atom is -0.339 e. The molecule has 0 saturated heterocycles. The number of pyridine rings is 1. The molecule has 0 bridgehead atoms. The van der Waals surface area contributed by atoms with Crippen LogP contribution in [0.25, 0.3) is 5.65 Å². The maximum Gasteiger partial charge on any atom is 0.406 e. The van der Waals surface area contributed by atoms with Crippen LogP contribution in [0.2, 0.25) is 0 Å². The summed E-state index contributed by atoms with van der Waals surface area (Å²) in [7, 11) is 0. The Morgan fingerprint density at radius 2 is 1.92 bits per heavy atom. The molecule has 3 aromatic rings. The number of anilines is 1. The van der Waals surface area contributed by atoms with Crippen molar-refractivity contribution >= 4 is 17.2 Å². The maximum atomic E-state index is 12.7. The number of aryl methyl sites for hydroxylation is 2. The van der Waals surface area contributed by atoms with Gasteiger partial charge in [-0.15, -0.1) is 0 Å². The number of amides is 1. The SMILES string of the molecule is Cc1cn2cc(NC(=O)c3cc(C)n(CC(F)(F)F)c3C)ccc2n1. The van der Waals surface area contributed by atoms with Crippen LogP contribution in [0.3, 0.4) is 0 Å². The van der Waals surface area contributed by atoms with Crippen molar-refractivity contribution < 1.29 is 18.0 Å². The molecule has 0 atom stereocenters. The number of halogens is 3. The van der Waals surface area contributed by atoms with Crippen LogP contribution in [0, 0.1) is 20.8 Å². The monoisotopic (exact) mass is 350 g/mol. The quantitative estimate of drug-likeness (QED) is 0.779. The molecule has 8 heteroatoms. The second kappa shape index (κ2) is 5.94. The van der Waals surface area contributed by atoms with Crippen molar-refractivity contribution in [1.82, 2.24) is 14.0 Å². The minimum absolute atomic E-state index is 0.226. The van der Waals surface area contributed by atoms with E-state index in [0.29, 0.717) is 11.4 Å². The van der Waals surface area contributed by atoms with Crippen molar-refractivity contribution in [2.75, 3.05) is 5.32 Å². The van der Waals surface area contributed by atoms with Crippen molar-refractivity contribution in [3.63, 3.8) is 0 Å². The van der Waals surface area contributed by atoms with Gasteiger partial charge in [0, 0.05) is 23.8 Å². The third kappa shape index (κ3) is 3.52. The molecule has 3 rings (SSSR count). The first-order valence-electron chi connectivity index (χ1n) is 7.64. The van der Waals surface area contributed by atoms with Crippen LogP contribution in [0.1, 0.15) is 27.4 Å². The molecule has 0 saturated carbocycles. The van der Waals surface area contributed by atoms with Crippen molar-refractivity contribution in [2.45, 2.75) is 33.5 Å². The van der Waals surface area contributed by atoms with Gasteiger partial charge in [0.1, 0.15) is 12.2 Å². The molecule has 1 amide bonds. The third-order valence-electron chi connectivity index (χ3n) is 3.99. The molecular weight excluding hydrogens is 333 g/mol. The average molecular weight is 350 g/mol. The molecule has 3 heterocycles. The Kier molecular flexibility index (Phi) is 4.06. The van der Waals surface area contributed by atoms with Crippen LogP contribution in [0.15, 0.2) is 30.6 Å². The molecule has 5 nitrogen and oxygen atoms in total. The second-order valence-electron chi connectivity index (χ2n) is 6.01. The lowest BCUT2D eigenvalue weighted by Crippen LogP contribution is -2.20. The molecule has 0 aliphatic carbocycles. The first-order chi connectivity index (χ1) is 11.6. The Balaban J connectivity index is 1.86. The largest absolute Gasteiger partial charge is 0.406 e. The summed E-state index contributed by atoms with van der Waals surface area (Å²) in [6.45, 7) is 3.81. The summed E-state index contributed by atoms with van der Waals surface area (Å²) < 4.78 is 40.9. The van der Waals surface area contributed by atoms with E-state index in [9.17, 15) is 18.0 Å². The van der Waals surface area contributed by atoms with E-state index in [4.69, 9.17) is 0 Å². The summed E-state index contributed by atoms with van der Waals surface area (Å²) in [6.07, 6.45) is -0.811. The zero-order valence-corrected chi connectivity index (χ0v) is 14.0. The summed E-state index contributed by atoms with van der Waals surface area (Å²) in [5.41, 5.74) is 3.03. The number of aromatic nitrogens is 3. The molecule has 1 N–H and O–H groups in total. The molecule has 0 spiro atoms. The van der Waals surface area contributed by atoms with Gasteiger partial charge in [0.05, 0.1) is 16.9 Å². The number of hydrogen-bond acceptors (Lipinski definition) is 2. The first-order valence-corrected chi connectivity index (χ1v) is 7.64. The Bertz CT molecular complexity index is 953. The number of nitrogens with one attached hydrogen (secondary N) is 1. The molecule has 3 aromatic heterocycles. The van der Waals surface area contributed by atoms with Gasteiger partial charge in [-0.1, -0.05) is 0 Å². The number of carbonyl (C=O) groups excluding carboxylic acids is 1. The van der Waals surface area contributed by atoms with Crippen molar-refractivity contribution in [1.29, 1.82) is 0 Å².